The lowest BCUT2D eigenvalue weighted by atomic mass is 9.64. The van der Waals surface area contributed by atoms with Gasteiger partial charge in [0.05, 0.1) is 5.41 Å². The number of amides is 1. The second kappa shape index (κ2) is 5.70. The lowest BCUT2D eigenvalue weighted by Crippen LogP contribution is -2.49. The summed E-state index contributed by atoms with van der Waals surface area (Å²) in [5.74, 6) is -0.280. The number of nitrogens with two attached hydrogens (primary N) is 1. The van der Waals surface area contributed by atoms with Crippen molar-refractivity contribution < 1.29 is 9.18 Å². The van der Waals surface area contributed by atoms with Gasteiger partial charge in [0.1, 0.15) is 5.82 Å². The maximum absolute atomic E-state index is 13.3. The summed E-state index contributed by atoms with van der Waals surface area (Å²) in [6.45, 7) is 2.49. The van der Waals surface area contributed by atoms with E-state index < -0.39 is 5.41 Å². The molecule has 0 saturated heterocycles. The van der Waals surface area contributed by atoms with Crippen molar-refractivity contribution in [1.82, 2.24) is 5.32 Å². The van der Waals surface area contributed by atoms with E-state index in [9.17, 15) is 9.18 Å². The maximum Gasteiger partial charge on any atom is 0.230 e. The minimum Gasteiger partial charge on any atom is -0.355 e. The Morgan fingerprint density at radius 1 is 1.53 bits per heavy atom. The molecule has 3 nitrogen and oxygen atoms in total. The molecule has 1 saturated carbocycles. The summed E-state index contributed by atoms with van der Waals surface area (Å²) in [5.41, 5.74) is 5.93. The number of carbonyl (C=O) groups excluding carboxylic acids is 1. The quantitative estimate of drug-likeness (QED) is 0.855. The molecule has 1 amide bonds. The van der Waals surface area contributed by atoms with Crippen LogP contribution in [0.25, 0.3) is 0 Å². The second-order valence-electron chi connectivity index (χ2n) is 5.47. The number of hydrogen-bond donors (Lipinski definition) is 2. The summed E-state index contributed by atoms with van der Waals surface area (Å²) in [4.78, 5) is 12.4. The molecule has 0 bridgehead atoms. The third-order valence-electron chi connectivity index (χ3n) is 3.90. The van der Waals surface area contributed by atoms with Gasteiger partial charge in [-0.15, -0.1) is 0 Å². The highest BCUT2D eigenvalue weighted by Gasteiger charge is 2.45. The van der Waals surface area contributed by atoms with Crippen LogP contribution in [0, 0.1) is 5.82 Å². The Bertz CT molecular complexity index is 455. The Morgan fingerprint density at radius 3 is 2.79 bits per heavy atom. The van der Waals surface area contributed by atoms with Crippen molar-refractivity contribution in [3.63, 3.8) is 0 Å². The molecule has 19 heavy (non-hydrogen) atoms. The van der Waals surface area contributed by atoms with Crippen molar-refractivity contribution >= 4 is 5.91 Å². The van der Waals surface area contributed by atoms with Crippen LogP contribution in [-0.4, -0.2) is 18.5 Å². The van der Waals surface area contributed by atoms with Crippen molar-refractivity contribution in [2.24, 2.45) is 5.73 Å². The van der Waals surface area contributed by atoms with Gasteiger partial charge in [0.2, 0.25) is 5.91 Å². The second-order valence-corrected chi connectivity index (χ2v) is 5.47. The molecule has 1 aliphatic carbocycles. The fourth-order valence-electron chi connectivity index (χ4n) is 2.55. The molecule has 0 aliphatic heterocycles. The Morgan fingerprint density at radius 2 is 2.26 bits per heavy atom. The summed E-state index contributed by atoms with van der Waals surface area (Å²) in [5, 5.41) is 2.93. The van der Waals surface area contributed by atoms with Gasteiger partial charge in [-0.3, -0.25) is 4.79 Å². The molecule has 4 heteroatoms. The van der Waals surface area contributed by atoms with Gasteiger partial charge in [0, 0.05) is 12.6 Å². The number of nitrogens with one attached hydrogen (secondary N) is 1. The minimum atomic E-state index is -0.528. The van der Waals surface area contributed by atoms with Gasteiger partial charge in [-0.2, -0.15) is 0 Å². The van der Waals surface area contributed by atoms with Crippen molar-refractivity contribution in [1.29, 1.82) is 0 Å². The summed E-state index contributed by atoms with van der Waals surface area (Å²) >= 11 is 0. The summed E-state index contributed by atoms with van der Waals surface area (Å²) < 4.78 is 13.3. The zero-order valence-corrected chi connectivity index (χ0v) is 11.3. The van der Waals surface area contributed by atoms with E-state index in [0.717, 1.165) is 31.2 Å². The third-order valence-corrected chi connectivity index (χ3v) is 3.90. The van der Waals surface area contributed by atoms with Crippen LogP contribution in [0.2, 0.25) is 0 Å². The molecule has 0 spiro atoms. The zero-order chi connectivity index (χ0) is 13.9. The van der Waals surface area contributed by atoms with E-state index in [2.05, 4.69) is 5.32 Å². The van der Waals surface area contributed by atoms with Crippen LogP contribution in [0.3, 0.4) is 0 Å². The molecule has 1 aromatic rings. The number of halogens is 1. The van der Waals surface area contributed by atoms with Gasteiger partial charge in [-0.1, -0.05) is 18.6 Å². The average molecular weight is 264 g/mol. The maximum atomic E-state index is 13.3. The third kappa shape index (κ3) is 2.95. The molecule has 1 atom stereocenters. The normalized spacial score (nSPS) is 18.5. The van der Waals surface area contributed by atoms with Crippen LogP contribution in [0.15, 0.2) is 24.3 Å². The minimum absolute atomic E-state index is 0.00463. The largest absolute Gasteiger partial charge is 0.355 e. The first-order valence-corrected chi connectivity index (χ1v) is 6.84. The van der Waals surface area contributed by atoms with E-state index in [1.165, 1.54) is 12.1 Å². The predicted molar refractivity (Wildman–Crippen MR) is 73.2 cm³/mol. The standard InChI is InChI=1S/C15H21FN2O/c1-11(17)6-9-18-14(19)15(7-3-8-15)12-4-2-5-13(16)10-12/h2,4-5,10-11H,3,6-9,17H2,1H3,(H,18,19). The van der Waals surface area contributed by atoms with Gasteiger partial charge in [0.25, 0.3) is 0 Å². The number of benzene rings is 1. The van der Waals surface area contributed by atoms with Gasteiger partial charge in [-0.05, 0) is 43.9 Å². The molecule has 104 valence electrons. The molecule has 1 aliphatic rings. The highest BCUT2D eigenvalue weighted by Crippen LogP contribution is 2.44. The zero-order valence-electron chi connectivity index (χ0n) is 11.3. The van der Waals surface area contributed by atoms with Crippen LogP contribution in [0.1, 0.15) is 38.2 Å². The van der Waals surface area contributed by atoms with Crippen LogP contribution in [0.4, 0.5) is 4.39 Å². The topological polar surface area (TPSA) is 55.1 Å². The van der Waals surface area contributed by atoms with E-state index in [1.54, 1.807) is 6.07 Å². The first-order chi connectivity index (χ1) is 9.04. The van der Waals surface area contributed by atoms with Gasteiger partial charge >= 0.3 is 0 Å². The lowest BCUT2D eigenvalue weighted by Gasteiger charge is -2.40. The molecular formula is C15H21FN2O. The van der Waals surface area contributed by atoms with E-state index in [-0.39, 0.29) is 17.8 Å². The van der Waals surface area contributed by atoms with Crippen LogP contribution >= 0.6 is 0 Å². The number of rotatable bonds is 5. The molecule has 0 heterocycles. The van der Waals surface area contributed by atoms with Gasteiger partial charge in [-0.25, -0.2) is 4.39 Å². The first-order valence-electron chi connectivity index (χ1n) is 6.84. The molecule has 1 unspecified atom stereocenters. The highest BCUT2D eigenvalue weighted by molar-refractivity contribution is 5.89. The fraction of sp³-hybridized carbons (Fsp3) is 0.533. The van der Waals surface area contributed by atoms with E-state index in [0.29, 0.717) is 6.54 Å². The first kappa shape index (κ1) is 14.0. The van der Waals surface area contributed by atoms with Gasteiger partial charge < -0.3 is 11.1 Å². The molecule has 1 fully saturated rings. The van der Waals surface area contributed by atoms with Crippen molar-refractivity contribution in [3.8, 4) is 0 Å². The predicted octanol–water partition coefficient (Wildman–Crippen LogP) is 2.10. The summed E-state index contributed by atoms with van der Waals surface area (Å²) in [7, 11) is 0. The van der Waals surface area contributed by atoms with Gasteiger partial charge in [0.15, 0.2) is 0 Å². The fourth-order valence-corrected chi connectivity index (χ4v) is 2.55. The number of hydrogen-bond acceptors (Lipinski definition) is 2. The summed E-state index contributed by atoms with van der Waals surface area (Å²) in [6.07, 6.45) is 3.35. The molecule has 0 aromatic heterocycles. The SMILES string of the molecule is CC(N)CCNC(=O)C1(c2cccc(F)c2)CCC1. The van der Waals surface area contributed by atoms with Crippen molar-refractivity contribution in [2.75, 3.05) is 6.54 Å². The number of carbonyl (C=O) groups is 1. The lowest BCUT2D eigenvalue weighted by molar-refractivity contribution is -0.129. The molecule has 0 radical (unpaired) electrons. The highest BCUT2D eigenvalue weighted by atomic mass is 19.1. The Kier molecular flexibility index (Phi) is 4.20. The average Bonchev–Trinajstić information content (AvgIpc) is 2.27. The van der Waals surface area contributed by atoms with E-state index in [1.807, 2.05) is 13.0 Å². The summed E-state index contributed by atoms with van der Waals surface area (Å²) in [6, 6.07) is 6.47. The Hall–Kier alpha value is -1.42. The van der Waals surface area contributed by atoms with E-state index >= 15 is 0 Å². The van der Waals surface area contributed by atoms with Crippen molar-refractivity contribution in [3.05, 3.63) is 35.6 Å². The Labute approximate surface area is 113 Å². The van der Waals surface area contributed by atoms with Crippen LogP contribution in [-0.2, 0) is 10.2 Å². The van der Waals surface area contributed by atoms with Crippen molar-refractivity contribution in [2.45, 2.75) is 44.1 Å². The monoisotopic (exact) mass is 264 g/mol. The molecular weight excluding hydrogens is 243 g/mol. The van der Waals surface area contributed by atoms with Crippen LogP contribution in [0.5, 0.6) is 0 Å². The van der Waals surface area contributed by atoms with Crippen LogP contribution < -0.4 is 11.1 Å². The smallest absolute Gasteiger partial charge is 0.230 e. The molecule has 3 N–H and O–H groups in total. The molecule has 1 aromatic carbocycles. The molecule has 2 rings (SSSR count). The Balaban J connectivity index is 2.08. The van der Waals surface area contributed by atoms with E-state index in [4.69, 9.17) is 5.73 Å².